The minimum Gasteiger partial charge on any atom is -0.480 e. The Morgan fingerprint density at radius 2 is 2.05 bits per heavy atom. The molecule has 19 heavy (non-hydrogen) atoms. The first-order valence-electron chi connectivity index (χ1n) is 6.88. The Balaban J connectivity index is 1.96. The summed E-state index contributed by atoms with van der Waals surface area (Å²) in [6, 6.07) is -0.996. The van der Waals surface area contributed by atoms with Crippen LogP contribution in [0.3, 0.4) is 0 Å². The first kappa shape index (κ1) is 14.1. The molecule has 1 heterocycles. The summed E-state index contributed by atoms with van der Waals surface area (Å²) >= 11 is 0. The number of carboxylic acids is 1. The van der Waals surface area contributed by atoms with Crippen LogP contribution in [-0.2, 0) is 9.53 Å². The van der Waals surface area contributed by atoms with Crippen LogP contribution in [0.2, 0.25) is 0 Å². The predicted molar refractivity (Wildman–Crippen MR) is 68.8 cm³/mol. The van der Waals surface area contributed by atoms with Crippen LogP contribution >= 0.6 is 0 Å². The average molecular weight is 270 g/mol. The number of aliphatic carboxylic acids is 1. The van der Waals surface area contributed by atoms with Crippen LogP contribution < -0.4 is 5.32 Å². The second-order valence-electron chi connectivity index (χ2n) is 5.59. The fourth-order valence-electron chi connectivity index (χ4n) is 2.86. The third kappa shape index (κ3) is 3.00. The van der Waals surface area contributed by atoms with Crippen molar-refractivity contribution in [2.75, 3.05) is 19.8 Å². The summed E-state index contributed by atoms with van der Waals surface area (Å²) in [5.41, 5.74) is 0. The minimum absolute atomic E-state index is 0.0688. The molecule has 0 spiro atoms. The quantitative estimate of drug-likeness (QED) is 0.782. The van der Waals surface area contributed by atoms with E-state index in [1.165, 1.54) is 4.90 Å². The molecule has 0 bridgehead atoms. The highest BCUT2D eigenvalue weighted by molar-refractivity contribution is 5.83. The summed E-state index contributed by atoms with van der Waals surface area (Å²) in [5, 5.41) is 12.1. The normalized spacial score (nSPS) is 35.2. The van der Waals surface area contributed by atoms with E-state index in [-0.39, 0.29) is 18.7 Å². The van der Waals surface area contributed by atoms with Gasteiger partial charge in [-0.3, -0.25) is 0 Å². The third-order valence-electron chi connectivity index (χ3n) is 4.45. The maximum absolute atomic E-state index is 12.2. The average Bonchev–Trinajstić information content (AvgIpc) is 2.70. The van der Waals surface area contributed by atoms with Crippen molar-refractivity contribution in [3.8, 4) is 0 Å². The summed E-state index contributed by atoms with van der Waals surface area (Å²) in [5.74, 6) is 0.0289. The topological polar surface area (TPSA) is 78.9 Å². The van der Waals surface area contributed by atoms with Crippen LogP contribution in [-0.4, -0.2) is 53.8 Å². The summed E-state index contributed by atoms with van der Waals surface area (Å²) in [6.07, 6.45) is 2.08. The largest absolute Gasteiger partial charge is 0.480 e. The van der Waals surface area contributed by atoms with E-state index >= 15 is 0 Å². The molecule has 0 radical (unpaired) electrons. The van der Waals surface area contributed by atoms with E-state index in [1.54, 1.807) is 0 Å². The van der Waals surface area contributed by atoms with Gasteiger partial charge in [-0.25, -0.2) is 9.59 Å². The fraction of sp³-hybridized carbons (Fsp3) is 0.846. The fourth-order valence-corrected chi connectivity index (χ4v) is 2.86. The first-order chi connectivity index (χ1) is 9.00. The lowest BCUT2D eigenvalue weighted by molar-refractivity contribution is -0.147. The SMILES string of the molecule is CC1CCC(NC(=O)N2CCOCC2C(=O)O)C1C. The van der Waals surface area contributed by atoms with E-state index < -0.39 is 12.0 Å². The highest BCUT2D eigenvalue weighted by atomic mass is 16.5. The van der Waals surface area contributed by atoms with Gasteiger partial charge in [-0.2, -0.15) is 0 Å². The minimum atomic E-state index is -1.01. The number of carbonyl (C=O) groups is 2. The van der Waals surface area contributed by atoms with Crippen molar-refractivity contribution in [2.24, 2.45) is 11.8 Å². The van der Waals surface area contributed by atoms with Crippen molar-refractivity contribution in [1.82, 2.24) is 10.2 Å². The lowest BCUT2D eigenvalue weighted by Gasteiger charge is -2.34. The maximum Gasteiger partial charge on any atom is 0.328 e. The Kier molecular flexibility index (Phi) is 4.29. The van der Waals surface area contributed by atoms with E-state index in [9.17, 15) is 9.59 Å². The second kappa shape index (κ2) is 5.77. The molecule has 0 aromatic rings. The number of ether oxygens (including phenoxy) is 1. The summed E-state index contributed by atoms with van der Waals surface area (Å²) in [7, 11) is 0. The zero-order valence-corrected chi connectivity index (χ0v) is 11.5. The number of urea groups is 1. The molecular weight excluding hydrogens is 248 g/mol. The standard InChI is InChI=1S/C13H22N2O4/c1-8-3-4-10(9(8)2)14-13(18)15-5-6-19-7-11(15)12(16)17/h8-11H,3-7H2,1-2H3,(H,14,18)(H,16,17). The molecule has 1 saturated carbocycles. The molecule has 0 aromatic carbocycles. The molecule has 108 valence electrons. The van der Waals surface area contributed by atoms with E-state index in [4.69, 9.17) is 9.84 Å². The molecule has 2 amide bonds. The number of hydrogen-bond acceptors (Lipinski definition) is 3. The van der Waals surface area contributed by atoms with E-state index in [0.717, 1.165) is 12.8 Å². The molecule has 4 unspecified atom stereocenters. The molecule has 2 N–H and O–H groups in total. The third-order valence-corrected chi connectivity index (χ3v) is 4.45. The van der Waals surface area contributed by atoms with Crippen LogP contribution in [0.4, 0.5) is 4.79 Å². The van der Waals surface area contributed by atoms with Crippen molar-refractivity contribution in [3.63, 3.8) is 0 Å². The zero-order valence-electron chi connectivity index (χ0n) is 11.5. The number of nitrogens with one attached hydrogen (secondary N) is 1. The van der Waals surface area contributed by atoms with Crippen LogP contribution in [0, 0.1) is 11.8 Å². The van der Waals surface area contributed by atoms with Gasteiger partial charge in [0.2, 0.25) is 0 Å². The van der Waals surface area contributed by atoms with Crippen molar-refractivity contribution >= 4 is 12.0 Å². The Bertz CT molecular complexity index is 361. The number of carbonyl (C=O) groups excluding carboxylic acids is 1. The molecular formula is C13H22N2O4. The Labute approximate surface area is 113 Å². The lowest BCUT2D eigenvalue weighted by atomic mass is 9.98. The number of amides is 2. The van der Waals surface area contributed by atoms with Gasteiger partial charge in [0.1, 0.15) is 0 Å². The molecule has 6 nitrogen and oxygen atoms in total. The maximum atomic E-state index is 12.2. The monoisotopic (exact) mass is 270 g/mol. The van der Waals surface area contributed by atoms with Gasteiger partial charge in [0.15, 0.2) is 6.04 Å². The van der Waals surface area contributed by atoms with Crippen LogP contribution in [0.25, 0.3) is 0 Å². The smallest absolute Gasteiger partial charge is 0.328 e. The molecule has 2 rings (SSSR count). The summed E-state index contributed by atoms with van der Waals surface area (Å²) < 4.78 is 5.13. The predicted octanol–water partition coefficient (Wildman–Crippen LogP) is 0.916. The van der Waals surface area contributed by atoms with Gasteiger partial charge >= 0.3 is 12.0 Å². The summed E-state index contributed by atoms with van der Waals surface area (Å²) in [6.45, 7) is 5.12. The molecule has 1 aliphatic heterocycles. The van der Waals surface area contributed by atoms with Crippen molar-refractivity contribution in [2.45, 2.75) is 38.8 Å². The summed E-state index contributed by atoms with van der Waals surface area (Å²) in [4.78, 5) is 24.7. The lowest BCUT2D eigenvalue weighted by Crippen LogP contribution is -2.57. The van der Waals surface area contributed by atoms with Gasteiger partial charge in [0, 0.05) is 12.6 Å². The van der Waals surface area contributed by atoms with Gasteiger partial charge in [0.25, 0.3) is 0 Å². The molecule has 6 heteroatoms. The number of nitrogens with zero attached hydrogens (tertiary/aromatic N) is 1. The zero-order chi connectivity index (χ0) is 14.0. The molecule has 0 aromatic heterocycles. The molecule has 2 fully saturated rings. The van der Waals surface area contributed by atoms with Gasteiger partial charge in [-0.1, -0.05) is 13.8 Å². The first-order valence-corrected chi connectivity index (χ1v) is 6.88. The van der Waals surface area contributed by atoms with Crippen molar-refractivity contribution < 1.29 is 19.4 Å². The Morgan fingerprint density at radius 3 is 2.63 bits per heavy atom. The van der Waals surface area contributed by atoms with Crippen molar-refractivity contribution in [1.29, 1.82) is 0 Å². The number of carboxylic acid groups (broad SMARTS) is 1. The second-order valence-corrected chi connectivity index (χ2v) is 5.59. The van der Waals surface area contributed by atoms with Crippen LogP contribution in [0.15, 0.2) is 0 Å². The molecule has 1 saturated heterocycles. The van der Waals surface area contributed by atoms with E-state index in [0.29, 0.717) is 25.0 Å². The van der Waals surface area contributed by atoms with Crippen molar-refractivity contribution in [3.05, 3.63) is 0 Å². The van der Waals surface area contributed by atoms with Gasteiger partial charge in [-0.15, -0.1) is 0 Å². The molecule has 2 aliphatic rings. The Hall–Kier alpha value is -1.30. The number of rotatable bonds is 2. The molecule has 1 aliphatic carbocycles. The number of hydrogen-bond donors (Lipinski definition) is 2. The van der Waals surface area contributed by atoms with E-state index in [2.05, 4.69) is 19.2 Å². The van der Waals surface area contributed by atoms with Crippen LogP contribution in [0.5, 0.6) is 0 Å². The van der Waals surface area contributed by atoms with Gasteiger partial charge in [-0.05, 0) is 24.7 Å². The number of morpholine rings is 1. The van der Waals surface area contributed by atoms with E-state index in [1.807, 2.05) is 0 Å². The van der Waals surface area contributed by atoms with Crippen LogP contribution in [0.1, 0.15) is 26.7 Å². The highest BCUT2D eigenvalue weighted by Gasteiger charge is 2.36. The highest BCUT2D eigenvalue weighted by Crippen LogP contribution is 2.31. The van der Waals surface area contributed by atoms with Gasteiger partial charge < -0.3 is 20.1 Å². The Morgan fingerprint density at radius 1 is 1.32 bits per heavy atom. The van der Waals surface area contributed by atoms with Gasteiger partial charge in [0.05, 0.1) is 13.2 Å². The molecule has 4 atom stereocenters.